The second-order valence-electron chi connectivity index (χ2n) is 16.3. The number of ether oxygens (including phenoxy) is 1. The van der Waals surface area contributed by atoms with Gasteiger partial charge >= 0.3 is 0 Å². The maximum Gasteiger partial charge on any atom is 0.192 e. The molecule has 3 rings (SSSR count). The molecule has 5 nitrogen and oxygen atoms in total. The number of pyridine rings is 1. The summed E-state index contributed by atoms with van der Waals surface area (Å²) in [4.78, 5) is 6.18. The van der Waals surface area contributed by atoms with Crippen molar-refractivity contribution in [1.82, 2.24) is 4.98 Å². The van der Waals surface area contributed by atoms with Gasteiger partial charge in [0, 0.05) is 16.6 Å². The topological polar surface area (TPSA) is 49.8 Å². The quantitative estimate of drug-likeness (QED) is 0.257. The Morgan fingerprint density at radius 2 is 1.29 bits per heavy atom. The van der Waals surface area contributed by atoms with Crippen molar-refractivity contribution in [2.24, 2.45) is 0 Å². The van der Waals surface area contributed by atoms with E-state index in [-0.39, 0.29) is 39.5 Å². The van der Waals surface area contributed by atoms with Gasteiger partial charge in [0.25, 0.3) is 0 Å². The molecule has 0 bridgehead atoms. The zero-order valence-corrected chi connectivity index (χ0v) is 32.3. The van der Waals surface area contributed by atoms with E-state index in [9.17, 15) is 0 Å². The van der Waals surface area contributed by atoms with E-state index in [1.807, 2.05) is 6.20 Å². The summed E-state index contributed by atoms with van der Waals surface area (Å²) in [5.74, 6) is 0. The average molecular weight is 636 g/mol. The molecular weight excluding hydrogens is 579 g/mol. The smallest absolute Gasteiger partial charge is 0.192 e. The van der Waals surface area contributed by atoms with Crippen LogP contribution in [0.4, 0.5) is 0 Å². The average Bonchev–Trinajstić information content (AvgIpc) is 3.45. The lowest BCUT2D eigenvalue weighted by Gasteiger charge is -2.44. The van der Waals surface area contributed by atoms with Crippen LogP contribution >= 0.6 is 11.3 Å². The van der Waals surface area contributed by atoms with E-state index in [0.717, 1.165) is 11.3 Å². The van der Waals surface area contributed by atoms with Gasteiger partial charge in [0.05, 0.1) is 12.3 Å². The Bertz CT molecular complexity index is 1130. The van der Waals surface area contributed by atoms with Gasteiger partial charge in [-0.05, 0) is 71.9 Å². The standard InChI is InChI=1S/C32H57NO4SSi3/c1-30(2,3)39(10,11)34-22-25-28(36-40(12,13)31(4,5)6)29(37-41(14,15)32(7,8)9)27(35-25)24-19-18-23(21-33-24)26-17-16-20-38-26/h16-21,25,27-29H,22H2,1-15H3/t25-,27+,28-,29+/m1/s1. The van der Waals surface area contributed by atoms with Gasteiger partial charge in [-0.2, -0.15) is 0 Å². The van der Waals surface area contributed by atoms with E-state index in [0.29, 0.717) is 6.61 Å². The lowest BCUT2D eigenvalue weighted by atomic mass is 10.0. The second kappa shape index (κ2) is 12.0. The van der Waals surface area contributed by atoms with E-state index < -0.39 is 25.0 Å². The molecular formula is C32H57NO4SSi3. The molecule has 1 fully saturated rings. The Morgan fingerprint density at radius 3 is 1.73 bits per heavy atom. The van der Waals surface area contributed by atoms with Crippen molar-refractivity contribution in [3.8, 4) is 10.4 Å². The molecule has 0 N–H and O–H groups in total. The van der Waals surface area contributed by atoms with Crippen LogP contribution in [0.3, 0.4) is 0 Å². The molecule has 0 unspecified atom stereocenters. The number of aromatic nitrogens is 1. The van der Waals surface area contributed by atoms with Gasteiger partial charge in [0.1, 0.15) is 24.4 Å². The first-order valence-electron chi connectivity index (χ1n) is 15.1. The van der Waals surface area contributed by atoms with Crippen molar-refractivity contribution in [1.29, 1.82) is 0 Å². The van der Waals surface area contributed by atoms with Crippen LogP contribution in [-0.2, 0) is 18.0 Å². The van der Waals surface area contributed by atoms with Crippen LogP contribution in [0.5, 0.6) is 0 Å². The Balaban J connectivity index is 2.07. The third-order valence-corrected chi connectivity index (χ3v) is 24.4. The summed E-state index contributed by atoms with van der Waals surface area (Å²) in [7, 11) is -6.36. The third-order valence-electron chi connectivity index (χ3n) is 10.1. The predicted octanol–water partition coefficient (Wildman–Crippen LogP) is 10.1. The lowest BCUT2D eigenvalue weighted by Crippen LogP contribution is -2.54. The first-order chi connectivity index (χ1) is 18.5. The number of hydrogen-bond acceptors (Lipinski definition) is 6. The van der Waals surface area contributed by atoms with Crippen LogP contribution in [0, 0.1) is 0 Å². The summed E-state index contributed by atoms with van der Waals surface area (Å²) < 4.78 is 28.3. The highest BCUT2D eigenvalue weighted by Gasteiger charge is 2.55. The zero-order valence-electron chi connectivity index (χ0n) is 28.5. The van der Waals surface area contributed by atoms with E-state index in [4.69, 9.17) is 23.0 Å². The summed E-state index contributed by atoms with van der Waals surface area (Å²) in [5.41, 5.74) is 2.02. The Kier molecular flexibility index (Phi) is 10.2. The number of rotatable bonds is 9. The minimum atomic E-state index is -2.18. The number of thiophene rings is 1. The highest BCUT2D eigenvalue weighted by atomic mass is 32.1. The monoisotopic (exact) mass is 635 g/mol. The molecule has 9 heteroatoms. The Morgan fingerprint density at radius 1 is 0.756 bits per heavy atom. The zero-order chi connectivity index (χ0) is 31.2. The van der Waals surface area contributed by atoms with Gasteiger partial charge in [-0.25, -0.2) is 0 Å². The Labute approximate surface area is 258 Å². The molecule has 41 heavy (non-hydrogen) atoms. The number of nitrogens with zero attached hydrogens (tertiary/aromatic N) is 1. The van der Waals surface area contributed by atoms with Crippen LogP contribution in [-0.4, -0.2) is 54.9 Å². The van der Waals surface area contributed by atoms with Crippen LogP contribution in [0.15, 0.2) is 35.8 Å². The van der Waals surface area contributed by atoms with Gasteiger partial charge in [0.2, 0.25) is 0 Å². The molecule has 0 saturated carbocycles. The van der Waals surface area contributed by atoms with Gasteiger partial charge < -0.3 is 18.0 Å². The fraction of sp³-hybridized carbons (Fsp3) is 0.719. The second-order valence-corrected chi connectivity index (χ2v) is 31.6. The van der Waals surface area contributed by atoms with E-state index >= 15 is 0 Å². The van der Waals surface area contributed by atoms with Crippen LogP contribution in [0.25, 0.3) is 10.4 Å². The van der Waals surface area contributed by atoms with Crippen LogP contribution < -0.4 is 0 Å². The summed E-state index contributed by atoms with van der Waals surface area (Å²) in [6, 6.07) is 8.48. The maximum absolute atomic E-state index is 7.26. The van der Waals surface area contributed by atoms with Crippen LogP contribution in [0.1, 0.15) is 74.1 Å². The summed E-state index contributed by atoms with van der Waals surface area (Å²) in [6.07, 6.45) is 0.898. The molecule has 3 heterocycles. The predicted molar refractivity (Wildman–Crippen MR) is 182 cm³/mol. The van der Waals surface area contributed by atoms with Crippen molar-refractivity contribution >= 4 is 36.3 Å². The lowest BCUT2D eigenvalue weighted by molar-refractivity contribution is -0.0186. The van der Waals surface area contributed by atoms with Crippen molar-refractivity contribution in [3.63, 3.8) is 0 Å². The largest absolute Gasteiger partial charge is 0.414 e. The summed E-state index contributed by atoms with van der Waals surface area (Å²) in [6.45, 7) is 35.0. The number of hydrogen-bond donors (Lipinski definition) is 0. The minimum absolute atomic E-state index is 0.0469. The molecule has 2 aromatic rings. The van der Waals surface area contributed by atoms with Crippen molar-refractivity contribution in [3.05, 3.63) is 41.5 Å². The molecule has 0 aliphatic carbocycles. The summed E-state index contributed by atoms with van der Waals surface area (Å²) >= 11 is 1.73. The van der Waals surface area contributed by atoms with Gasteiger partial charge in [0.15, 0.2) is 25.0 Å². The van der Waals surface area contributed by atoms with E-state index in [1.54, 1.807) is 11.3 Å². The molecule has 1 saturated heterocycles. The maximum atomic E-state index is 7.26. The Hall–Kier alpha value is -0.659. The molecule has 0 amide bonds. The molecule has 2 aromatic heterocycles. The highest BCUT2D eigenvalue weighted by molar-refractivity contribution is 7.13. The van der Waals surface area contributed by atoms with Crippen molar-refractivity contribution in [2.75, 3.05) is 6.61 Å². The minimum Gasteiger partial charge on any atom is -0.414 e. The third kappa shape index (κ3) is 7.90. The fourth-order valence-corrected chi connectivity index (χ4v) is 8.42. The molecule has 0 spiro atoms. The van der Waals surface area contributed by atoms with Gasteiger partial charge in [-0.1, -0.05) is 74.4 Å². The molecule has 1 aliphatic rings. The molecule has 232 valence electrons. The van der Waals surface area contributed by atoms with E-state index in [1.165, 1.54) is 4.88 Å². The highest BCUT2D eigenvalue weighted by Crippen LogP contribution is 2.47. The molecule has 0 radical (unpaired) electrons. The molecule has 4 atom stereocenters. The van der Waals surface area contributed by atoms with Crippen molar-refractivity contribution < 1.29 is 18.0 Å². The first kappa shape index (κ1) is 34.8. The SMILES string of the molecule is CC(C)(C)[Si](C)(C)OC[C@H]1O[C@@H](c2ccc(-c3cccs3)cn2)[C@H](O[Si](C)(C)C(C)(C)C)[C@@H]1O[Si](C)(C)C(C)(C)C. The molecule has 1 aliphatic heterocycles. The van der Waals surface area contributed by atoms with E-state index in [2.05, 4.69) is 131 Å². The van der Waals surface area contributed by atoms with Gasteiger partial charge in [-0.15, -0.1) is 11.3 Å². The van der Waals surface area contributed by atoms with Crippen molar-refractivity contribution in [2.45, 2.75) is 141 Å². The first-order valence-corrected chi connectivity index (χ1v) is 24.7. The van der Waals surface area contributed by atoms with Crippen LogP contribution in [0.2, 0.25) is 54.4 Å². The summed E-state index contributed by atoms with van der Waals surface area (Å²) in [5, 5.41) is 2.31. The molecule has 0 aromatic carbocycles. The fourth-order valence-electron chi connectivity index (χ4n) is 4.07. The van der Waals surface area contributed by atoms with Gasteiger partial charge in [-0.3, -0.25) is 4.98 Å². The normalized spacial score (nSPS) is 23.3.